The Labute approximate surface area is 161 Å². The van der Waals surface area contributed by atoms with E-state index >= 15 is 0 Å². The Morgan fingerprint density at radius 2 is 1.74 bits per heavy atom. The first-order valence-electron chi connectivity index (χ1n) is 8.33. The van der Waals surface area contributed by atoms with Crippen LogP contribution < -0.4 is 10.6 Å². The number of hydrogen-bond acceptors (Lipinski definition) is 5. The van der Waals surface area contributed by atoms with Gasteiger partial charge in [-0.05, 0) is 31.2 Å². The topological polar surface area (TPSA) is 84.2 Å². The number of nitrogens with one attached hydrogen (secondary N) is 2. The van der Waals surface area contributed by atoms with Crippen molar-refractivity contribution in [1.82, 2.24) is 5.16 Å². The molecule has 0 fully saturated rings. The fraction of sp³-hybridized carbons (Fsp3) is 0.150. The lowest BCUT2D eigenvalue weighted by molar-refractivity contribution is -0.114. The fourth-order valence-electron chi connectivity index (χ4n) is 2.35. The SMILES string of the molecule is CC(=O)Nc1ccc(SCC(=O)Nc2cc(-c3ccc(C)cc3)no2)cc1. The monoisotopic (exact) mass is 381 g/mol. The van der Waals surface area contributed by atoms with Gasteiger partial charge in [0.25, 0.3) is 0 Å². The molecule has 0 atom stereocenters. The van der Waals surface area contributed by atoms with Crippen LogP contribution in [0.25, 0.3) is 11.3 Å². The molecule has 3 rings (SSSR count). The number of benzene rings is 2. The van der Waals surface area contributed by atoms with E-state index in [4.69, 9.17) is 4.52 Å². The molecule has 3 aromatic rings. The second-order valence-corrected chi connectivity index (χ2v) is 7.03. The molecular formula is C20H19N3O3S. The predicted octanol–water partition coefficient (Wildman–Crippen LogP) is 4.34. The zero-order valence-corrected chi connectivity index (χ0v) is 15.8. The summed E-state index contributed by atoms with van der Waals surface area (Å²) in [5.74, 6) is 0.252. The molecular weight excluding hydrogens is 362 g/mol. The van der Waals surface area contributed by atoms with Crippen molar-refractivity contribution >= 4 is 35.1 Å². The van der Waals surface area contributed by atoms with Gasteiger partial charge in [0.1, 0.15) is 5.69 Å². The van der Waals surface area contributed by atoms with Crippen molar-refractivity contribution in [3.63, 3.8) is 0 Å². The third kappa shape index (κ3) is 5.46. The summed E-state index contributed by atoms with van der Waals surface area (Å²) < 4.78 is 5.19. The highest BCUT2D eigenvalue weighted by Crippen LogP contribution is 2.23. The Balaban J connectivity index is 1.52. The van der Waals surface area contributed by atoms with Crippen molar-refractivity contribution < 1.29 is 14.1 Å². The number of rotatable bonds is 6. The van der Waals surface area contributed by atoms with Gasteiger partial charge in [-0.25, -0.2) is 0 Å². The molecule has 0 unspecified atom stereocenters. The van der Waals surface area contributed by atoms with E-state index in [1.54, 1.807) is 18.2 Å². The smallest absolute Gasteiger partial charge is 0.237 e. The van der Waals surface area contributed by atoms with Gasteiger partial charge in [0.05, 0.1) is 5.75 Å². The first kappa shape index (κ1) is 18.7. The molecule has 1 aromatic heterocycles. The second-order valence-electron chi connectivity index (χ2n) is 5.98. The van der Waals surface area contributed by atoms with Gasteiger partial charge in [0.2, 0.25) is 17.7 Å². The Morgan fingerprint density at radius 1 is 1.04 bits per heavy atom. The fourth-order valence-corrected chi connectivity index (χ4v) is 3.05. The molecule has 0 saturated heterocycles. The van der Waals surface area contributed by atoms with Crippen molar-refractivity contribution in [2.75, 3.05) is 16.4 Å². The summed E-state index contributed by atoms with van der Waals surface area (Å²) in [5.41, 5.74) is 3.49. The van der Waals surface area contributed by atoms with Crippen LogP contribution in [0.1, 0.15) is 12.5 Å². The number of carbonyl (C=O) groups excluding carboxylic acids is 2. The Morgan fingerprint density at radius 3 is 2.41 bits per heavy atom. The summed E-state index contributed by atoms with van der Waals surface area (Å²) in [7, 11) is 0. The average Bonchev–Trinajstić information content (AvgIpc) is 3.09. The largest absolute Gasteiger partial charge is 0.338 e. The van der Waals surface area contributed by atoms with E-state index in [1.165, 1.54) is 18.7 Å². The minimum atomic E-state index is -0.183. The molecule has 0 saturated carbocycles. The van der Waals surface area contributed by atoms with Crippen LogP contribution in [0.2, 0.25) is 0 Å². The van der Waals surface area contributed by atoms with Crippen LogP contribution >= 0.6 is 11.8 Å². The van der Waals surface area contributed by atoms with Crippen LogP contribution in [0.5, 0.6) is 0 Å². The van der Waals surface area contributed by atoms with Crippen LogP contribution in [0.15, 0.2) is 64.0 Å². The van der Waals surface area contributed by atoms with E-state index in [-0.39, 0.29) is 17.6 Å². The highest BCUT2D eigenvalue weighted by molar-refractivity contribution is 8.00. The number of anilines is 2. The molecule has 138 valence electrons. The molecule has 1 heterocycles. The molecule has 0 aliphatic rings. The van der Waals surface area contributed by atoms with Gasteiger partial charge >= 0.3 is 0 Å². The van der Waals surface area contributed by atoms with Crippen LogP contribution in [0.4, 0.5) is 11.6 Å². The number of hydrogen-bond donors (Lipinski definition) is 2. The van der Waals surface area contributed by atoms with Crippen LogP contribution in [-0.4, -0.2) is 22.7 Å². The first-order valence-corrected chi connectivity index (χ1v) is 9.32. The summed E-state index contributed by atoms with van der Waals surface area (Å²) in [6.07, 6.45) is 0. The van der Waals surface area contributed by atoms with Gasteiger partial charge in [-0.1, -0.05) is 35.0 Å². The number of aryl methyl sites for hydroxylation is 1. The lowest BCUT2D eigenvalue weighted by Crippen LogP contribution is -2.13. The quantitative estimate of drug-likeness (QED) is 0.621. The predicted molar refractivity (Wildman–Crippen MR) is 107 cm³/mol. The zero-order valence-electron chi connectivity index (χ0n) is 15.0. The third-order valence-electron chi connectivity index (χ3n) is 3.66. The summed E-state index contributed by atoms with van der Waals surface area (Å²) in [6, 6.07) is 16.9. The molecule has 2 aromatic carbocycles. The first-order chi connectivity index (χ1) is 13.0. The van der Waals surface area contributed by atoms with E-state index in [9.17, 15) is 9.59 Å². The van der Waals surface area contributed by atoms with Crippen molar-refractivity contribution in [1.29, 1.82) is 0 Å². The summed E-state index contributed by atoms with van der Waals surface area (Å²) >= 11 is 1.39. The van der Waals surface area contributed by atoms with E-state index in [2.05, 4.69) is 15.8 Å². The van der Waals surface area contributed by atoms with Gasteiger partial charge in [-0.2, -0.15) is 0 Å². The van der Waals surface area contributed by atoms with Gasteiger partial charge in [0.15, 0.2) is 0 Å². The van der Waals surface area contributed by atoms with Crippen LogP contribution in [0, 0.1) is 6.92 Å². The molecule has 27 heavy (non-hydrogen) atoms. The zero-order chi connectivity index (χ0) is 19.2. The molecule has 0 aliphatic heterocycles. The summed E-state index contributed by atoms with van der Waals surface area (Å²) in [5, 5.41) is 9.40. The van der Waals surface area contributed by atoms with E-state index in [0.717, 1.165) is 21.7 Å². The highest BCUT2D eigenvalue weighted by Gasteiger charge is 2.10. The Kier molecular flexibility index (Phi) is 5.93. The average molecular weight is 381 g/mol. The standard InChI is InChI=1S/C20H19N3O3S/c1-13-3-5-15(6-4-13)18-11-20(26-23-18)22-19(25)12-27-17-9-7-16(8-10-17)21-14(2)24/h3-11H,12H2,1-2H3,(H,21,24)(H,22,25). The number of nitrogens with zero attached hydrogens (tertiary/aromatic N) is 1. The number of aromatic nitrogens is 1. The van der Waals surface area contributed by atoms with Crippen molar-refractivity contribution in [3.8, 4) is 11.3 Å². The van der Waals surface area contributed by atoms with Gasteiger partial charge in [-0.15, -0.1) is 11.8 Å². The van der Waals surface area contributed by atoms with Crippen molar-refractivity contribution in [2.45, 2.75) is 18.7 Å². The Hall–Kier alpha value is -3.06. The van der Waals surface area contributed by atoms with E-state index in [1.807, 2.05) is 43.3 Å². The molecule has 2 N–H and O–H groups in total. The number of thioether (sulfide) groups is 1. The molecule has 2 amide bonds. The summed E-state index contributed by atoms with van der Waals surface area (Å²) in [4.78, 5) is 24.1. The third-order valence-corrected chi connectivity index (χ3v) is 4.68. The number of amides is 2. The molecule has 6 nitrogen and oxygen atoms in total. The molecule has 0 aliphatic carbocycles. The van der Waals surface area contributed by atoms with Crippen molar-refractivity contribution in [2.24, 2.45) is 0 Å². The molecule has 0 spiro atoms. The maximum atomic E-state index is 12.1. The maximum absolute atomic E-state index is 12.1. The van der Waals surface area contributed by atoms with Crippen molar-refractivity contribution in [3.05, 3.63) is 60.2 Å². The van der Waals surface area contributed by atoms with Gasteiger partial charge in [0, 0.05) is 29.1 Å². The normalized spacial score (nSPS) is 10.4. The van der Waals surface area contributed by atoms with Crippen LogP contribution in [-0.2, 0) is 9.59 Å². The van der Waals surface area contributed by atoms with Crippen LogP contribution in [0.3, 0.4) is 0 Å². The van der Waals surface area contributed by atoms with Gasteiger partial charge in [-0.3, -0.25) is 14.9 Å². The molecule has 0 radical (unpaired) electrons. The summed E-state index contributed by atoms with van der Waals surface area (Å²) in [6.45, 7) is 3.48. The number of carbonyl (C=O) groups is 2. The Bertz CT molecular complexity index is 934. The van der Waals surface area contributed by atoms with E-state index < -0.39 is 0 Å². The van der Waals surface area contributed by atoms with E-state index in [0.29, 0.717) is 11.6 Å². The van der Waals surface area contributed by atoms with Gasteiger partial charge < -0.3 is 9.84 Å². The lowest BCUT2D eigenvalue weighted by atomic mass is 10.1. The minimum absolute atomic E-state index is 0.119. The second kappa shape index (κ2) is 8.55. The molecule has 0 bridgehead atoms. The lowest BCUT2D eigenvalue weighted by Gasteiger charge is -2.04. The maximum Gasteiger partial charge on any atom is 0.237 e. The minimum Gasteiger partial charge on any atom is -0.338 e. The highest BCUT2D eigenvalue weighted by atomic mass is 32.2. The molecule has 7 heteroatoms.